The summed E-state index contributed by atoms with van der Waals surface area (Å²) >= 11 is 3.32. The molecule has 0 bridgehead atoms. The molecule has 1 fully saturated rings. The van der Waals surface area contributed by atoms with Gasteiger partial charge in [-0.3, -0.25) is 4.79 Å². The van der Waals surface area contributed by atoms with Crippen molar-refractivity contribution >= 4 is 21.8 Å². The average molecular weight is 259 g/mol. The summed E-state index contributed by atoms with van der Waals surface area (Å²) in [5.74, 6) is 1.51. The van der Waals surface area contributed by atoms with E-state index in [0.717, 1.165) is 18.7 Å². The number of amides is 1. The highest BCUT2D eigenvalue weighted by Crippen LogP contribution is 2.20. The van der Waals surface area contributed by atoms with E-state index in [1.165, 1.54) is 0 Å². The maximum absolute atomic E-state index is 11.5. The van der Waals surface area contributed by atoms with Crippen LogP contribution in [0.4, 0.5) is 0 Å². The summed E-state index contributed by atoms with van der Waals surface area (Å²) in [5, 5.41) is 0. The number of carbonyl (C=O) groups excluding carboxylic acids is 1. The highest BCUT2D eigenvalue weighted by Gasteiger charge is 2.30. The van der Waals surface area contributed by atoms with Crippen LogP contribution in [0.2, 0.25) is 0 Å². The lowest BCUT2D eigenvalue weighted by molar-refractivity contribution is -0.127. The first-order valence-corrected chi connectivity index (χ1v) is 5.42. The molecule has 2 heterocycles. The minimum Gasteiger partial charge on any atom is -0.444 e. The first-order valence-electron chi connectivity index (χ1n) is 4.51. The molecule has 1 aliphatic heterocycles. The SMILES string of the molecule is Cc1cnc(CN2CCC(Br)C2=O)o1. The zero-order chi connectivity index (χ0) is 10.1. The molecular formula is C9H11BrN2O2. The first kappa shape index (κ1) is 9.71. The zero-order valence-corrected chi connectivity index (χ0v) is 9.45. The maximum Gasteiger partial charge on any atom is 0.236 e. The molecule has 4 nitrogen and oxygen atoms in total. The van der Waals surface area contributed by atoms with Crippen molar-refractivity contribution in [3.8, 4) is 0 Å². The number of aromatic nitrogens is 1. The van der Waals surface area contributed by atoms with Gasteiger partial charge in [-0.15, -0.1) is 0 Å². The van der Waals surface area contributed by atoms with Gasteiger partial charge in [0.2, 0.25) is 11.8 Å². The number of hydrogen-bond acceptors (Lipinski definition) is 3. The molecule has 1 unspecified atom stereocenters. The molecule has 1 aromatic heterocycles. The normalized spacial score (nSPS) is 22.0. The van der Waals surface area contributed by atoms with Crippen LogP contribution >= 0.6 is 15.9 Å². The topological polar surface area (TPSA) is 46.3 Å². The molecule has 14 heavy (non-hydrogen) atoms. The maximum atomic E-state index is 11.5. The second-order valence-electron chi connectivity index (χ2n) is 3.38. The Labute approximate surface area is 90.4 Å². The summed E-state index contributed by atoms with van der Waals surface area (Å²) in [6.45, 7) is 3.10. The quantitative estimate of drug-likeness (QED) is 0.756. The minimum absolute atomic E-state index is 0.0291. The molecular weight excluding hydrogens is 248 g/mol. The molecule has 1 amide bonds. The molecule has 0 spiro atoms. The van der Waals surface area contributed by atoms with Crippen molar-refractivity contribution in [1.82, 2.24) is 9.88 Å². The number of halogens is 1. The van der Waals surface area contributed by atoms with E-state index in [1.54, 1.807) is 11.1 Å². The van der Waals surface area contributed by atoms with E-state index < -0.39 is 0 Å². The largest absolute Gasteiger partial charge is 0.444 e. The number of oxazole rings is 1. The number of nitrogens with zero attached hydrogens (tertiary/aromatic N) is 2. The van der Waals surface area contributed by atoms with E-state index in [0.29, 0.717) is 12.4 Å². The molecule has 0 aliphatic carbocycles. The van der Waals surface area contributed by atoms with Crippen molar-refractivity contribution in [2.45, 2.75) is 24.7 Å². The molecule has 1 saturated heterocycles. The van der Waals surface area contributed by atoms with E-state index in [-0.39, 0.29) is 10.7 Å². The summed E-state index contributed by atoms with van der Waals surface area (Å²) in [6, 6.07) is 0. The molecule has 0 N–H and O–H groups in total. The van der Waals surface area contributed by atoms with E-state index in [2.05, 4.69) is 20.9 Å². The van der Waals surface area contributed by atoms with Crippen LogP contribution in [0, 0.1) is 6.92 Å². The fraction of sp³-hybridized carbons (Fsp3) is 0.556. The van der Waals surface area contributed by atoms with Gasteiger partial charge in [0.1, 0.15) is 5.76 Å². The van der Waals surface area contributed by atoms with E-state index in [9.17, 15) is 4.79 Å². The predicted octanol–water partition coefficient (Wildman–Crippen LogP) is 1.48. The van der Waals surface area contributed by atoms with Gasteiger partial charge < -0.3 is 9.32 Å². The molecule has 1 aromatic rings. The second kappa shape index (κ2) is 3.73. The Balaban J connectivity index is 2.02. The van der Waals surface area contributed by atoms with Crippen LogP contribution in [-0.4, -0.2) is 27.2 Å². The van der Waals surface area contributed by atoms with Crippen molar-refractivity contribution in [2.75, 3.05) is 6.54 Å². The van der Waals surface area contributed by atoms with Gasteiger partial charge in [0.25, 0.3) is 0 Å². The van der Waals surface area contributed by atoms with Crippen LogP contribution in [0.5, 0.6) is 0 Å². The second-order valence-corrected chi connectivity index (χ2v) is 4.49. The van der Waals surface area contributed by atoms with Gasteiger partial charge in [0, 0.05) is 6.54 Å². The lowest BCUT2D eigenvalue weighted by Crippen LogP contribution is -2.27. The van der Waals surface area contributed by atoms with Crippen molar-refractivity contribution in [3.63, 3.8) is 0 Å². The fourth-order valence-corrected chi connectivity index (χ4v) is 1.99. The Kier molecular flexibility index (Phi) is 2.58. The van der Waals surface area contributed by atoms with Crippen LogP contribution in [0.25, 0.3) is 0 Å². The third kappa shape index (κ3) is 1.82. The molecule has 0 saturated carbocycles. The third-order valence-corrected chi connectivity index (χ3v) is 3.08. The van der Waals surface area contributed by atoms with Gasteiger partial charge in [0.05, 0.1) is 17.6 Å². The molecule has 5 heteroatoms. The molecule has 2 rings (SSSR count). The van der Waals surface area contributed by atoms with Gasteiger partial charge in [-0.05, 0) is 13.3 Å². The Bertz CT molecular complexity index is 350. The summed E-state index contributed by atoms with van der Waals surface area (Å²) in [6.07, 6.45) is 2.53. The van der Waals surface area contributed by atoms with Crippen LogP contribution in [0.3, 0.4) is 0 Å². The van der Waals surface area contributed by atoms with Crippen LogP contribution in [-0.2, 0) is 11.3 Å². The zero-order valence-electron chi connectivity index (χ0n) is 7.86. The number of likely N-dealkylation sites (tertiary alicyclic amines) is 1. The average Bonchev–Trinajstić information content (AvgIpc) is 2.67. The third-order valence-electron chi connectivity index (χ3n) is 2.23. The molecule has 76 valence electrons. The van der Waals surface area contributed by atoms with Gasteiger partial charge in [-0.25, -0.2) is 4.98 Å². The smallest absolute Gasteiger partial charge is 0.236 e. The minimum atomic E-state index is -0.0291. The lowest BCUT2D eigenvalue weighted by atomic mass is 10.4. The number of alkyl halides is 1. The molecule has 1 aliphatic rings. The summed E-state index contributed by atoms with van der Waals surface area (Å²) < 4.78 is 5.31. The van der Waals surface area contributed by atoms with Gasteiger partial charge in [-0.2, -0.15) is 0 Å². The van der Waals surface area contributed by atoms with Gasteiger partial charge in [-0.1, -0.05) is 15.9 Å². The number of aryl methyl sites for hydroxylation is 1. The van der Waals surface area contributed by atoms with Crippen molar-refractivity contribution in [3.05, 3.63) is 17.8 Å². The highest BCUT2D eigenvalue weighted by atomic mass is 79.9. The predicted molar refractivity (Wildman–Crippen MR) is 54.0 cm³/mol. The first-order chi connectivity index (χ1) is 6.66. The lowest BCUT2D eigenvalue weighted by Gasteiger charge is -2.12. The summed E-state index contributed by atoms with van der Waals surface area (Å²) in [7, 11) is 0. The number of hydrogen-bond donors (Lipinski definition) is 0. The van der Waals surface area contributed by atoms with Crippen LogP contribution < -0.4 is 0 Å². The van der Waals surface area contributed by atoms with E-state index in [4.69, 9.17) is 4.42 Å². The van der Waals surface area contributed by atoms with E-state index >= 15 is 0 Å². The van der Waals surface area contributed by atoms with Crippen molar-refractivity contribution in [1.29, 1.82) is 0 Å². The Morgan fingerprint density at radius 3 is 3.07 bits per heavy atom. The van der Waals surface area contributed by atoms with Gasteiger partial charge in [0.15, 0.2) is 0 Å². The number of rotatable bonds is 2. The van der Waals surface area contributed by atoms with Crippen LogP contribution in [0.1, 0.15) is 18.1 Å². The molecule has 1 atom stereocenters. The monoisotopic (exact) mass is 258 g/mol. The Morgan fingerprint density at radius 1 is 1.79 bits per heavy atom. The van der Waals surface area contributed by atoms with E-state index in [1.807, 2.05) is 6.92 Å². The standard InChI is InChI=1S/C9H11BrN2O2/c1-6-4-11-8(14-6)5-12-3-2-7(10)9(12)13/h4,7H,2-3,5H2,1H3. The molecule has 0 aromatic carbocycles. The highest BCUT2D eigenvalue weighted by molar-refractivity contribution is 9.10. The number of carbonyl (C=O) groups is 1. The summed E-state index contributed by atoms with van der Waals surface area (Å²) in [5.41, 5.74) is 0. The fourth-order valence-electron chi connectivity index (χ4n) is 1.50. The van der Waals surface area contributed by atoms with Crippen LogP contribution in [0.15, 0.2) is 10.6 Å². The van der Waals surface area contributed by atoms with Crippen molar-refractivity contribution < 1.29 is 9.21 Å². The summed E-state index contributed by atoms with van der Waals surface area (Å²) in [4.78, 5) is 17.3. The Morgan fingerprint density at radius 2 is 2.57 bits per heavy atom. The Hall–Kier alpha value is -0.840. The van der Waals surface area contributed by atoms with Crippen molar-refractivity contribution in [2.24, 2.45) is 0 Å². The van der Waals surface area contributed by atoms with Gasteiger partial charge >= 0.3 is 0 Å². The molecule has 0 radical (unpaired) electrons.